The summed E-state index contributed by atoms with van der Waals surface area (Å²) in [5, 5.41) is 18.0. The summed E-state index contributed by atoms with van der Waals surface area (Å²) in [4.78, 5) is 0. The van der Waals surface area contributed by atoms with Gasteiger partial charge in [-0.3, -0.25) is 0 Å². The fraction of sp³-hybridized carbons (Fsp3) is 0. The minimum Gasteiger partial charge on any atom is -0.423 e. The summed E-state index contributed by atoms with van der Waals surface area (Å²) in [5.41, 5.74) is -1.76. The standard InChI is InChI=1S/C16H13BO2/c18-17(19)16-9-7-13(8-10-16)15-6-5-12-3-1-2-4-14(12)11-15/h1-11,18-19H/i1D,2D,3D,4D,5D,6D,7D,8D,9D,10D,11D. The normalized spacial score (nSPS) is 18.7. The Kier molecular flexibility index (Phi) is 1.23. The molecule has 19 heavy (non-hydrogen) atoms. The van der Waals surface area contributed by atoms with Gasteiger partial charge in [-0.2, -0.15) is 0 Å². The van der Waals surface area contributed by atoms with E-state index in [1.807, 2.05) is 0 Å². The lowest BCUT2D eigenvalue weighted by Crippen LogP contribution is -2.29. The summed E-state index contributed by atoms with van der Waals surface area (Å²) in [6.45, 7) is 0. The zero-order valence-electron chi connectivity index (χ0n) is 20.5. The average Bonchev–Trinajstić information content (AvgIpc) is 2.68. The van der Waals surface area contributed by atoms with Crippen molar-refractivity contribution >= 4 is 23.4 Å². The highest BCUT2D eigenvalue weighted by atomic mass is 16.4. The van der Waals surface area contributed by atoms with Crippen LogP contribution in [-0.4, -0.2) is 17.2 Å². The summed E-state index contributed by atoms with van der Waals surface area (Å²) in [6, 6.07) is -7.74. The van der Waals surface area contributed by atoms with Gasteiger partial charge in [0, 0.05) is 0 Å². The van der Waals surface area contributed by atoms with Crippen LogP contribution in [-0.2, 0) is 0 Å². The Hall–Kier alpha value is -2.10. The van der Waals surface area contributed by atoms with Crippen LogP contribution in [0.3, 0.4) is 0 Å². The fourth-order valence-corrected chi connectivity index (χ4v) is 1.48. The van der Waals surface area contributed by atoms with Gasteiger partial charge in [0.1, 0.15) is 0 Å². The third-order valence-electron chi connectivity index (χ3n) is 2.40. The van der Waals surface area contributed by atoms with Crippen LogP contribution in [0.15, 0.2) is 66.5 Å². The Bertz CT molecular complexity index is 1210. The topological polar surface area (TPSA) is 40.5 Å². The van der Waals surface area contributed by atoms with E-state index in [-0.39, 0.29) is 10.8 Å². The van der Waals surface area contributed by atoms with E-state index in [1.165, 1.54) is 0 Å². The predicted octanol–water partition coefficient (Wildman–Crippen LogP) is 2.19. The van der Waals surface area contributed by atoms with Crippen molar-refractivity contribution < 1.29 is 25.1 Å². The van der Waals surface area contributed by atoms with E-state index in [4.69, 9.17) is 15.1 Å². The molecule has 0 aromatic heterocycles. The smallest absolute Gasteiger partial charge is 0.423 e. The molecule has 0 spiro atoms. The van der Waals surface area contributed by atoms with Gasteiger partial charge in [-0.1, -0.05) is 60.4 Å². The van der Waals surface area contributed by atoms with Gasteiger partial charge in [0.25, 0.3) is 0 Å². The average molecular weight is 259 g/mol. The van der Waals surface area contributed by atoms with Crippen LogP contribution >= 0.6 is 0 Å². The molecule has 3 heteroatoms. The van der Waals surface area contributed by atoms with Crippen LogP contribution in [0, 0.1) is 0 Å². The molecule has 0 bridgehead atoms. The van der Waals surface area contributed by atoms with E-state index in [9.17, 15) is 10.0 Å². The van der Waals surface area contributed by atoms with Crippen LogP contribution < -0.4 is 5.46 Å². The summed E-state index contributed by atoms with van der Waals surface area (Å²) < 4.78 is 88.8. The van der Waals surface area contributed by atoms with E-state index in [0.29, 0.717) is 0 Å². The Labute approximate surface area is 127 Å². The predicted molar refractivity (Wildman–Crippen MR) is 79.2 cm³/mol. The number of hydrogen-bond acceptors (Lipinski definition) is 2. The first kappa shape index (κ1) is 4.78. The molecule has 92 valence electrons. The zero-order chi connectivity index (χ0) is 22.8. The Morgan fingerprint density at radius 3 is 2.05 bits per heavy atom. The molecule has 3 rings (SSSR count). The maximum Gasteiger partial charge on any atom is 0.488 e. The van der Waals surface area contributed by atoms with Crippen molar-refractivity contribution in [3.05, 3.63) is 66.5 Å². The molecule has 0 fully saturated rings. The van der Waals surface area contributed by atoms with Crippen molar-refractivity contribution in [3.8, 4) is 11.1 Å². The number of hydrogen-bond donors (Lipinski definition) is 2. The number of fused-ring (bicyclic) bond motifs is 1. The zero-order valence-corrected chi connectivity index (χ0v) is 9.47. The van der Waals surface area contributed by atoms with Crippen molar-refractivity contribution in [1.82, 2.24) is 0 Å². The molecule has 3 aromatic rings. The highest BCUT2D eigenvalue weighted by Crippen LogP contribution is 2.23. The summed E-state index contributed by atoms with van der Waals surface area (Å²) in [5.74, 6) is 0. The first-order chi connectivity index (χ1) is 13.8. The molecule has 3 aromatic carbocycles. The first-order valence-corrected chi connectivity index (χ1v) is 5.31. The highest BCUT2D eigenvalue weighted by molar-refractivity contribution is 6.58. The Morgan fingerprint density at radius 2 is 1.37 bits per heavy atom. The van der Waals surface area contributed by atoms with Crippen LogP contribution in [0.1, 0.15) is 15.1 Å². The van der Waals surface area contributed by atoms with Gasteiger partial charge in [0.15, 0.2) is 0 Å². The molecule has 0 aliphatic heterocycles. The van der Waals surface area contributed by atoms with Crippen molar-refractivity contribution in [3.63, 3.8) is 0 Å². The van der Waals surface area contributed by atoms with Crippen LogP contribution in [0.25, 0.3) is 21.9 Å². The molecule has 0 radical (unpaired) electrons. The van der Waals surface area contributed by atoms with Crippen molar-refractivity contribution in [1.29, 1.82) is 0 Å². The molecular formula is C16H13BO2. The van der Waals surface area contributed by atoms with Gasteiger partial charge in [-0.15, -0.1) is 0 Å². The van der Waals surface area contributed by atoms with Gasteiger partial charge in [0.05, 0.1) is 15.1 Å². The lowest BCUT2D eigenvalue weighted by molar-refractivity contribution is 0.426. The molecule has 0 unspecified atom stereocenters. The van der Waals surface area contributed by atoms with E-state index in [2.05, 4.69) is 0 Å². The van der Waals surface area contributed by atoms with E-state index >= 15 is 0 Å². The van der Waals surface area contributed by atoms with Crippen LogP contribution in [0.4, 0.5) is 0 Å². The van der Waals surface area contributed by atoms with Gasteiger partial charge >= 0.3 is 7.12 Å². The van der Waals surface area contributed by atoms with Gasteiger partial charge < -0.3 is 10.0 Å². The fourth-order valence-electron chi connectivity index (χ4n) is 1.48. The molecule has 0 saturated carbocycles. The number of rotatable bonds is 2. The molecule has 0 amide bonds. The van der Waals surface area contributed by atoms with Crippen molar-refractivity contribution in [2.75, 3.05) is 0 Å². The summed E-state index contributed by atoms with van der Waals surface area (Å²) >= 11 is 0. The number of benzene rings is 3. The maximum absolute atomic E-state index is 9.37. The molecule has 2 N–H and O–H groups in total. The molecule has 0 heterocycles. The van der Waals surface area contributed by atoms with E-state index < -0.39 is 90.2 Å². The molecule has 0 aliphatic carbocycles. The van der Waals surface area contributed by atoms with E-state index in [0.717, 1.165) is 0 Å². The van der Waals surface area contributed by atoms with Crippen LogP contribution in [0.2, 0.25) is 0 Å². The van der Waals surface area contributed by atoms with Gasteiger partial charge in [-0.05, 0) is 33.4 Å². The minimum absolute atomic E-state index is 0.364. The third kappa shape index (κ3) is 2.39. The van der Waals surface area contributed by atoms with Gasteiger partial charge in [0.2, 0.25) is 0 Å². The van der Waals surface area contributed by atoms with Gasteiger partial charge in [-0.25, -0.2) is 0 Å². The lowest BCUT2D eigenvalue weighted by atomic mass is 9.80. The second-order valence-corrected chi connectivity index (χ2v) is 3.66. The SMILES string of the molecule is [2H]c1c([2H])c(-c2c([2H])c([2H])c3c([2H])c([2H])c([2H])c([2H])c3c2[2H])c([2H])c([2H])c1B(O)O. The third-order valence-corrected chi connectivity index (χ3v) is 2.40. The molecule has 2 nitrogen and oxygen atoms in total. The second kappa shape index (κ2) is 4.88. The summed E-state index contributed by atoms with van der Waals surface area (Å²) in [7, 11) is -2.30. The Morgan fingerprint density at radius 1 is 0.737 bits per heavy atom. The van der Waals surface area contributed by atoms with E-state index in [1.54, 1.807) is 0 Å². The monoisotopic (exact) mass is 259 g/mol. The first-order valence-electron chi connectivity index (χ1n) is 10.8. The Balaban J connectivity index is 2.61. The largest absolute Gasteiger partial charge is 0.488 e. The quantitative estimate of drug-likeness (QED) is 0.692. The molecule has 0 aliphatic rings. The minimum atomic E-state index is -2.30. The van der Waals surface area contributed by atoms with Crippen molar-refractivity contribution in [2.24, 2.45) is 0 Å². The lowest BCUT2D eigenvalue weighted by Gasteiger charge is -2.05. The maximum atomic E-state index is 9.37. The van der Waals surface area contributed by atoms with Crippen LogP contribution in [0.5, 0.6) is 0 Å². The molecule has 0 saturated heterocycles. The van der Waals surface area contributed by atoms with Crippen molar-refractivity contribution in [2.45, 2.75) is 0 Å². The second-order valence-electron chi connectivity index (χ2n) is 3.66. The highest BCUT2D eigenvalue weighted by Gasteiger charge is 2.10. The molecular weight excluding hydrogens is 235 g/mol. The molecule has 0 atom stereocenters. The summed E-state index contributed by atoms with van der Waals surface area (Å²) in [6.07, 6.45) is 0.